The average Bonchev–Trinajstić information content (AvgIpc) is 2.17. The molecular formula is C11H11FO3. The van der Waals surface area contributed by atoms with Gasteiger partial charge < -0.3 is 5.11 Å². The lowest BCUT2D eigenvalue weighted by molar-refractivity contribution is -0.144. The van der Waals surface area contributed by atoms with Gasteiger partial charge in [0.15, 0.2) is 5.78 Å². The Morgan fingerprint density at radius 1 is 1.27 bits per heavy atom. The molecule has 80 valence electrons. The second-order valence-corrected chi connectivity index (χ2v) is 3.74. The standard InChI is InChI=1S/C11H11FO3/c1-11(2,10(14)15)9(13)7-5-3-4-6-8(7)12/h3-6H,1-2H3,(H,14,15). The minimum atomic E-state index is -1.61. The first-order valence-corrected chi connectivity index (χ1v) is 4.40. The maximum atomic E-state index is 13.2. The van der Waals surface area contributed by atoms with Crippen LogP contribution in [-0.2, 0) is 4.79 Å². The number of carbonyl (C=O) groups is 2. The molecule has 0 saturated heterocycles. The van der Waals surface area contributed by atoms with E-state index in [4.69, 9.17) is 5.11 Å². The number of halogens is 1. The van der Waals surface area contributed by atoms with Gasteiger partial charge in [0, 0.05) is 0 Å². The van der Waals surface area contributed by atoms with Crippen LogP contribution in [0.2, 0.25) is 0 Å². The van der Waals surface area contributed by atoms with Crippen molar-refractivity contribution in [2.45, 2.75) is 13.8 Å². The van der Waals surface area contributed by atoms with Crippen molar-refractivity contribution < 1.29 is 19.1 Å². The van der Waals surface area contributed by atoms with Gasteiger partial charge in [0.25, 0.3) is 0 Å². The Balaban J connectivity index is 3.16. The van der Waals surface area contributed by atoms with E-state index in [2.05, 4.69) is 0 Å². The summed E-state index contributed by atoms with van der Waals surface area (Å²) in [6.07, 6.45) is 0. The molecule has 3 nitrogen and oxygen atoms in total. The second-order valence-electron chi connectivity index (χ2n) is 3.74. The zero-order valence-corrected chi connectivity index (χ0v) is 8.45. The van der Waals surface area contributed by atoms with Gasteiger partial charge in [0.1, 0.15) is 11.2 Å². The summed E-state index contributed by atoms with van der Waals surface area (Å²) in [4.78, 5) is 22.5. The van der Waals surface area contributed by atoms with Gasteiger partial charge in [0.2, 0.25) is 0 Å². The Kier molecular flexibility index (Phi) is 2.88. The summed E-state index contributed by atoms with van der Waals surface area (Å²) < 4.78 is 13.2. The van der Waals surface area contributed by atoms with Crippen LogP contribution in [0.15, 0.2) is 24.3 Å². The van der Waals surface area contributed by atoms with Gasteiger partial charge in [-0.3, -0.25) is 9.59 Å². The van der Waals surface area contributed by atoms with Gasteiger partial charge in [0.05, 0.1) is 5.56 Å². The minimum Gasteiger partial charge on any atom is -0.481 e. The van der Waals surface area contributed by atoms with E-state index in [-0.39, 0.29) is 5.56 Å². The molecule has 0 spiro atoms. The number of benzene rings is 1. The molecule has 0 bridgehead atoms. The van der Waals surface area contributed by atoms with Crippen molar-refractivity contribution in [1.82, 2.24) is 0 Å². The fourth-order valence-electron chi connectivity index (χ4n) is 1.08. The first kappa shape index (κ1) is 11.4. The van der Waals surface area contributed by atoms with Gasteiger partial charge in [-0.05, 0) is 26.0 Å². The highest BCUT2D eigenvalue weighted by molar-refractivity contribution is 6.11. The Morgan fingerprint density at radius 3 is 2.27 bits per heavy atom. The Hall–Kier alpha value is -1.71. The number of aliphatic carboxylic acids is 1. The molecule has 0 fully saturated rings. The summed E-state index contributed by atoms with van der Waals surface area (Å²) in [5.41, 5.74) is -1.80. The highest BCUT2D eigenvalue weighted by Crippen LogP contribution is 2.23. The summed E-state index contributed by atoms with van der Waals surface area (Å²) in [6.45, 7) is 2.51. The SMILES string of the molecule is CC(C)(C(=O)O)C(=O)c1ccccc1F. The van der Waals surface area contributed by atoms with Crippen molar-refractivity contribution in [3.8, 4) is 0 Å². The summed E-state index contributed by atoms with van der Waals surface area (Å²) in [5.74, 6) is -2.69. The van der Waals surface area contributed by atoms with Crippen LogP contribution in [0.1, 0.15) is 24.2 Å². The molecule has 0 heterocycles. The molecule has 1 aromatic carbocycles. The first-order chi connectivity index (χ1) is 6.87. The van der Waals surface area contributed by atoms with Crippen molar-refractivity contribution >= 4 is 11.8 Å². The number of Topliss-reactive ketones (excluding diaryl/α,β-unsaturated/α-hetero) is 1. The molecule has 0 radical (unpaired) electrons. The van der Waals surface area contributed by atoms with Gasteiger partial charge in [-0.1, -0.05) is 12.1 Å². The fourth-order valence-corrected chi connectivity index (χ4v) is 1.08. The largest absolute Gasteiger partial charge is 0.481 e. The van der Waals surface area contributed by atoms with E-state index in [9.17, 15) is 14.0 Å². The lowest BCUT2D eigenvalue weighted by Crippen LogP contribution is -2.33. The van der Waals surface area contributed by atoms with E-state index in [1.165, 1.54) is 32.0 Å². The van der Waals surface area contributed by atoms with Crippen molar-refractivity contribution in [2.75, 3.05) is 0 Å². The van der Waals surface area contributed by atoms with Gasteiger partial charge in [-0.15, -0.1) is 0 Å². The molecule has 0 amide bonds. The molecule has 0 atom stereocenters. The van der Waals surface area contributed by atoms with E-state index < -0.39 is 23.0 Å². The number of carboxylic acids is 1. The van der Waals surface area contributed by atoms with Crippen LogP contribution in [0.3, 0.4) is 0 Å². The molecule has 0 aromatic heterocycles. The van der Waals surface area contributed by atoms with Crippen molar-refractivity contribution in [3.05, 3.63) is 35.6 Å². The van der Waals surface area contributed by atoms with E-state index in [1.54, 1.807) is 0 Å². The summed E-state index contributed by atoms with van der Waals surface area (Å²) in [5, 5.41) is 8.82. The molecule has 0 saturated carbocycles. The van der Waals surface area contributed by atoms with Gasteiger partial charge in [-0.2, -0.15) is 0 Å². The third-order valence-electron chi connectivity index (χ3n) is 2.22. The maximum absolute atomic E-state index is 13.2. The highest BCUT2D eigenvalue weighted by atomic mass is 19.1. The molecule has 1 rings (SSSR count). The zero-order chi connectivity index (χ0) is 11.6. The Bertz CT molecular complexity index is 410. The summed E-state index contributed by atoms with van der Waals surface area (Å²) in [7, 11) is 0. The Labute approximate surface area is 86.5 Å². The number of ketones is 1. The number of hydrogen-bond acceptors (Lipinski definition) is 2. The van der Waals surface area contributed by atoms with Crippen molar-refractivity contribution in [3.63, 3.8) is 0 Å². The summed E-state index contributed by atoms with van der Waals surface area (Å²) >= 11 is 0. The predicted octanol–water partition coefficient (Wildman–Crippen LogP) is 2.12. The molecule has 0 aliphatic rings. The van der Waals surface area contributed by atoms with Gasteiger partial charge in [-0.25, -0.2) is 4.39 Å². The minimum absolute atomic E-state index is 0.190. The van der Waals surface area contributed by atoms with E-state index in [1.807, 2.05) is 0 Å². The quantitative estimate of drug-likeness (QED) is 0.614. The number of hydrogen-bond donors (Lipinski definition) is 1. The third-order valence-corrected chi connectivity index (χ3v) is 2.22. The van der Waals surface area contributed by atoms with Crippen LogP contribution in [0.4, 0.5) is 4.39 Å². The zero-order valence-electron chi connectivity index (χ0n) is 8.45. The number of rotatable bonds is 3. The van der Waals surface area contributed by atoms with Crippen LogP contribution in [0.25, 0.3) is 0 Å². The molecule has 0 aliphatic heterocycles. The van der Waals surface area contributed by atoms with Crippen LogP contribution in [0.5, 0.6) is 0 Å². The Morgan fingerprint density at radius 2 is 1.80 bits per heavy atom. The molecular weight excluding hydrogens is 199 g/mol. The lowest BCUT2D eigenvalue weighted by Gasteiger charge is -2.17. The third kappa shape index (κ3) is 2.03. The molecule has 1 aromatic rings. The van der Waals surface area contributed by atoms with Crippen LogP contribution >= 0.6 is 0 Å². The topological polar surface area (TPSA) is 54.4 Å². The van der Waals surface area contributed by atoms with Crippen molar-refractivity contribution in [2.24, 2.45) is 5.41 Å². The maximum Gasteiger partial charge on any atom is 0.316 e. The normalized spacial score (nSPS) is 11.1. The van der Waals surface area contributed by atoms with Gasteiger partial charge >= 0.3 is 5.97 Å². The molecule has 4 heteroatoms. The second kappa shape index (κ2) is 3.81. The predicted molar refractivity (Wildman–Crippen MR) is 52.1 cm³/mol. The fraction of sp³-hybridized carbons (Fsp3) is 0.273. The van der Waals surface area contributed by atoms with E-state index >= 15 is 0 Å². The van der Waals surface area contributed by atoms with Crippen molar-refractivity contribution in [1.29, 1.82) is 0 Å². The lowest BCUT2D eigenvalue weighted by atomic mass is 9.84. The summed E-state index contributed by atoms with van der Waals surface area (Å²) in [6, 6.07) is 5.35. The van der Waals surface area contributed by atoms with Crippen LogP contribution < -0.4 is 0 Å². The van der Waals surface area contributed by atoms with Crippen LogP contribution in [0, 0.1) is 11.2 Å². The highest BCUT2D eigenvalue weighted by Gasteiger charge is 2.37. The average molecular weight is 210 g/mol. The van der Waals surface area contributed by atoms with Crippen LogP contribution in [-0.4, -0.2) is 16.9 Å². The number of carboxylic acid groups (broad SMARTS) is 1. The van der Waals surface area contributed by atoms with E-state index in [0.717, 1.165) is 6.07 Å². The molecule has 1 N–H and O–H groups in total. The smallest absolute Gasteiger partial charge is 0.316 e. The monoisotopic (exact) mass is 210 g/mol. The molecule has 15 heavy (non-hydrogen) atoms. The number of carbonyl (C=O) groups excluding carboxylic acids is 1. The molecule has 0 aliphatic carbocycles. The first-order valence-electron chi connectivity index (χ1n) is 4.40. The molecule has 0 unspecified atom stereocenters. The van der Waals surface area contributed by atoms with E-state index in [0.29, 0.717) is 0 Å².